The number of carbonyl (C=O) groups excluding carboxylic acids is 1. The summed E-state index contributed by atoms with van der Waals surface area (Å²) >= 11 is 6.54. The largest absolute Gasteiger partial charge is 0.308 e. The molecule has 0 saturated heterocycles. The van der Waals surface area contributed by atoms with Crippen LogP contribution < -0.4 is 11.3 Å². The maximum atomic E-state index is 10.7. The van der Waals surface area contributed by atoms with Gasteiger partial charge in [0.2, 0.25) is 0 Å². The molecule has 0 aliphatic rings. The number of hydrogen-bond acceptors (Lipinski definition) is 6. The number of aromatic nitrogens is 2. The summed E-state index contributed by atoms with van der Waals surface area (Å²) in [6.45, 7) is 1.42. The zero-order chi connectivity index (χ0) is 9.84. The molecule has 0 spiro atoms. The predicted molar refractivity (Wildman–Crippen MR) is 51.4 cm³/mol. The molecule has 13 heavy (non-hydrogen) atoms. The molecule has 1 aromatic rings. The predicted octanol–water partition coefficient (Wildman–Crippen LogP) is 1.05. The minimum atomic E-state index is -0.106. The molecule has 70 valence electrons. The summed E-state index contributed by atoms with van der Waals surface area (Å²) in [5.74, 6) is 5.50. The van der Waals surface area contributed by atoms with E-state index in [4.69, 9.17) is 17.4 Å². The van der Waals surface area contributed by atoms with E-state index in [9.17, 15) is 4.79 Å². The minimum absolute atomic E-state index is 0.106. The Hall–Kier alpha value is -0.850. The molecule has 0 radical (unpaired) electrons. The zero-order valence-corrected chi connectivity index (χ0v) is 8.32. The summed E-state index contributed by atoms with van der Waals surface area (Å²) in [5.41, 5.74) is 2.32. The lowest BCUT2D eigenvalue weighted by molar-refractivity contribution is -0.109. The third kappa shape index (κ3) is 3.17. The van der Waals surface area contributed by atoms with E-state index in [0.717, 1.165) is 11.8 Å². The molecule has 0 fully saturated rings. The molecule has 0 aliphatic carbocycles. The van der Waals surface area contributed by atoms with Gasteiger partial charge >= 0.3 is 0 Å². The second-order valence-corrected chi connectivity index (χ2v) is 3.63. The Balaban J connectivity index is 2.94. The smallest absolute Gasteiger partial charge is 0.198 e. The molecule has 0 saturated carbocycles. The van der Waals surface area contributed by atoms with Crippen LogP contribution in [-0.4, -0.2) is 15.1 Å². The molecule has 0 aliphatic heterocycles. The highest BCUT2D eigenvalue weighted by Crippen LogP contribution is 2.18. The number of rotatable bonds is 2. The quantitative estimate of drug-likeness (QED) is 0.254. The van der Waals surface area contributed by atoms with Gasteiger partial charge in [-0.3, -0.25) is 4.79 Å². The van der Waals surface area contributed by atoms with Gasteiger partial charge in [0, 0.05) is 13.0 Å². The Morgan fingerprint density at radius 3 is 2.92 bits per heavy atom. The van der Waals surface area contributed by atoms with Crippen LogP contribution in [0.1, 0.15) is 6.92 Å². The lowest BCUT2D eigenvalue weighted by Crippen LogP contribution is -2.09. The summed E-state index contributed by atoms with van der Waals surface area (Å²) in [6.07, 6.45) is 0. The fourth-order valence-corrected chi connectivity index (χ4v) is 1.42. The first-order chi connectivity index (χ1) is 6.11. The number of nitrogens with two attached hydrogens (primary N) is 1. The molecule has 0 aromatic carbocycles. The molecule has 1 rings (SSSR count). The van der Waals surface area contributed by atoms with Gasteiger partial charge in [0.25, 0.3) is 0 Å². The van der Waals surface area contributed by atoms with Gasteiger partial charge < -0.3 is 5.43 Å². The first kappa shape index (κ1) is 10.2. The number of hydrogen-bond donors (Lipinski definition) is 2. The number of nitrogens with one attached hydrogen (secondary N) is 1. The number of hydrazine groups is 1. The van der Waals surface area contributed by atoms with Crippen molar-refractivity contribution < 1.29 is 4.79 Å². The summed E-state index contributed by atoms with van der Waals surface area (Å²) in [5, 5.41) is 0.421. The second kappa shape index (κ2) is 4.40. The van der Waals surface area contributed by atoms with Gasteiger partial charge in [-0.05, 0) is 11.8 Å². The normalized spacial score (nSPS) is 9.77. The highest BCUT2D eigenvalue weighted by molar-refractivity contribution is 8.13. The van der Waals surface area contributed by atoms with Crippen LogP contribution in [0.25, 0.3) is 0 Å². The lowest BCUT2D eigenvalue weighted by atomic mass is 10.6. The highest BCUT2D eigenvalue weighted by Gasteiger charge is 2.05. The molecule has 0 amide bonds. The molecule has 0 unspecified atom stereocenters. The van der Waals surface area contributed by atoms with E-state index in [-0.39, 0.29) is 15.4 Å². The number of thioether (sulfide) groups is 1. The number of anilines is 1. The molecule has 3 N–H and O–H groups in total. The van der Waals surface area contributed by atoms with Crippen molar-refractivity contribution in [2.45, 2.75) is 12.1 Å². The fourth-order valence-electron chi connectivity index (χ4n) is 0.645. The van der Waals surface area contributed by atoms with Crippen molar-refractivity contribution >= 4 is 34.3 Å². The maximum absolute atomic E-state index is 10.7. The first-order valence-electron chi connectivity index (χ1n) is 3.31. The number of nitrogen functional groups attached to an aromatic ring is 1. The molecular weight excluding hydrogens is 212 g/mol. The average Bonchev–Trinajstić information content (AvgIpc) is 2.01. The van der Waals surface area contributed by atoms with Crippen LogP contribution in [0, 0.1) is 0 Å². The molecule has 1 heterocycles. The fraction of sp³-hybridized carbons (Fsp3) is 0.167. The monoisotopic (exact) mass is 218 g/mol. The van der Waals surface area contributed by atoms with Crippen LogP contribution in [0.2, 0.25) is 5.15 Å². The minimum Gasteiger partial charge on any atom is -0.308 e. The average molecular weight is 219 g/mol. The van der Waals surface area contributed by atoms with Gasteiger partial charge in [-0.1, -0.05) is 11.6 Å². The summed E-state index contributed by atoms with van der Waals surface area (Å²) in [6, 6.07) is 1.46. The van der Waals surface area contributed by atoms with Crippen LogP contribution in [0.5, 0.6) is 0 Å². The molecule has 0 bridgehead atoms. The Kier molecular flexibility index (Phi) is 3.47. The highest BCUT2D eigenvalue weighted by atomic mass is 35.5. The van der Waals surface area contributed by atoms with Crippen molar-refractivity contribution in [3.8, 4) is 0 Å². The van der Waals surface area contributed by atoms with E-state index in [1.54, 1.807) is 0 Å². The van der Waals surface area contributed by atoms with Gasteiger partial charge in [0.1, 0.15) is 11.0 Å². The SMILES string of the molecule is CC(=O)Sc1nc(Cl)cc(NN)n1. The second-order valence-electron chi connectivity index (χ2n) is 2.10. The van der Waals surface area contributed by atoms with E-state index in [1.165, 1.54) is 13.0 Å². The number of halogens is 1. The Labute approximate surface area is 84.0 Å². The standard InChI is InChI=1S/C6H7ClN4OS/c1-3(12)13-6-9-4(7)2-5(10-6)11-8/h2H,8H2,1H3,(H,9,10,11). The zero-order valence-electron chi connectivity index (χ0n) is 6.74. The topological polar surface area (TPSA) is 80.9 Å². The van der Waals surface area contributed by atoms with Crippen molar-refractivity contribution in [1.29, 1.82) is 0 Å². The Morgan fingerprint density at radius 1 is 1.69 bits per heavy atom. The van der Waals surface area contributed by atoms with Crippen molar-refractivity contribution in [2.24, 2.45) is 5.84 Å². The first-order valence-corrected chi connectivity index (χ1v) is 4.51. The lowest BCUT2D eigenvalue weighted by Gasteiger charge is -2.01. The third-order valence-electron chi connectivity index (χ3n) is 1.06. The van der Waals surface area contributed by atoms with Crippen molar-refractivity contribution in [3.05, 3.63) is 11.2 Å². The molecule has 1 aromatic heterocycles. The van der Waals surface area contributed by atoms with Gasteiger partial charge in [-0.2, -0.15) is 0 Å². The third-order valence-corrected chi connectivity index (χ3v) is 1.90. The van der Waals surface area contributed by atoms with E-state index in [1.807, 2.05) is 0 Å². The van der Waals surface area contributed by atoms with Crippen LogP contribution in [0.4, 0.5) is 5.82 Å². The van der Waals surface area contributed by atoms with Gasteiger partial charge in [0.15, 0.2) is 10.3 Å². The molecule has 0 atom stereocenters. The van der Waals surface area contributed by atoms with Crippen LogP contribution in [0.15, 0.2) is 11.2 Å². The van der Waals surface area contributed by atoms with E-state index < -0.39 is 0 Å². The van der Waals surface area contributed by atoms with Crippen LogP contribution in [0.3, 0.4) is 0 Å². The summed E-state index contributed by atoms with van der Waals surface area (Å²) in [7, 11) is 0. The number of nitrogens with zero attached hydrogens (tertiary/aromatic N) is 2. The van der Waals surface area contributed by atoms with Crippen LogP contribution in [-0.2, 0) is 4.79 Å². The van der Waals surface area contributed by atoms with Crippen molar-refractivity contribution in [2.75, 3.05) is 5.43 Å². The molecule has 5 nitrogen and oxygen atoms in total. The molecule has 7 heteroatoms. The van der Waals surface area contributed by atoms with Gasteiger partial charge in [-0.15, -0.1) is 0 Å². The molecular formula is C6H7ClN4OS. The van der Waals surface area contributed by atoms with Crippen LogP contribution >= 0.6 is 23.4 Å². The van der Waals surface area contributed by atoms with Gasteiger partial charge in [-0.25, -0.2) is 15.8 Å². The Morgan fingerprint density at radius 2 is 2.38 bits per heavy atom. The van der Waals surface area contributed by atoms with Crippen molar-refractivity contribution in [1.82, 2.24) is 9.97 Å². The Bertz CT molecular complexity index is 332. The summed E-state index contributed by atoms with van der Waals surface area (Å²) in [4.78, 5) is 18.4. The van der Waals surface area contributed by atoms with E-state index in [2.05, 4.69) is 15.4 Å². The van der Waals surface area contributed by atoms with Crippen molar-refractivity contribution in [3.63, 3.8) is 0 Å². The maximum Gasteiger partial charge on any atom is 0.198 e. The van der Waals surface area contributed by atoms with E-state index in [0.29, 0.717) is 5.82 Å². The van der Waals surface area contributed by atoms with Gasteiger partial charge in [0.05, 0.1) is 0 Å². The van der Waals surface area contributed by atoms with E-state index >= 15 is 0 Å². The number of carbonyl (C=O) groups is 1. The summed E-state index contributed by atoms with van der Waals surface area (Å²) < 4.78 is 0.